The van der Waals surface area contributed by atoms with Crippen LogP contribution in [0.15, 0.2) is 30.6 Å². The number of rotatable bonds is 5. The van der Waals surface area contributed by atoms with E-state index < -0.39 is 0 Å². The predicted molar refractivity (Wildman–Crippen MR) is 100 cm³/mol. The summed E-state index contributed by atoms with van der Waals surface area (Å²) in [7, 11) is 0. The standard InChI is InChI=1S/C19H21FN4OS/c1-11(2)19-23-12(3)17(26-19)18(25)22-10-14-5-6-16(15(20)9-14)24-8-7-21-13(24)4/h5-9,11H,10H2,1-4H3,(H,22,25). The third-order valence-electron chi connectivity index (χ3n) is 4.06. The Hall–Kier alpha value is -2.54. The van der Waals surface area contributed by atoms with E-state index >= 15 is 0 Å². The zero-order valence-electron chi connectivity index (χ0n) is 15.2. The highest BCUT2D eigenvalue weighted by Gasteiger charge is 2.17. The summed E-state index contributed by atoms with van der Waals surface area (Å²) in [5, 5.41) is 3.79. The summed E-state index contributed by atoms with van der Waals surface area (Å²) in [4.78, 5) is 21.6. The van der Waals surface area contributed by atoms with Gasteiger partial charge in [-0.25, -0.2) is 14.4 Å². The van der Waals surface area contributed by atoms with Gasteiger partial charge in [0, 0.05) is 24.9 Å². The summed E-state index contributed by atoms with van der Waals surface area (Å²) in [6.45, 7) is 8.00. The van der Waals surface area contributed by atoms with E-state index in [2.05, 4.69) is 15.3 Å². The van der Waals surface area contributed by atoms with Gasteiger partial charge in [0.05, 0.1) is 16.4 Å². The molecule has 0 atom stereocenters. The minimum atomic E-state index is -0.353. The molecule has 3 rings (SSSR count). The van der Waals surface area contributed by atoms with Crippen LogP contribution < -0.4 is 5.32 Å². The lowest BCUT2D eigenvalue weighted by Crippen LogP contribution is -2.22. The van der Waals surface area contributed by atoms with Gasteiger partial charge in [-0.3, -0.25) is 4.79 Å². The zero-order valence-corrected chi connectivity index (χ0v) is 16.0. The van der Waals surface area contributed by atoms with Crippen molar-refractivity contribution in [1.82, 2.24) is 19.9 Å². The second-order valence-electron chi connectivity index (χ2n) is 6.43. The number of hydrogen-bond acceptors (Lipinski definition) is 4. The number of carbonyl (C=O) groups excluding carboxylic acids is 1. The van der Waals surface area contributed by atoms with Gasteiger partial charge in [-0.2, -0.15) is 0 Å². The zero-order chi connectivity index (χ0) is 18.8. The molecule has 0 saturated heterocycles. The van der Waals surface area contributed by atoms with Gasteiger partial charge in [0.15, 0.2) is 0 Å². The summed E-state index contributed by atoms with van der Waals surface area (Å²) >= 11 is 1.41. The first kappa shape index (κ1) is 18.3. The van der Waals surface area contributed by atoms with E-state index in [4.69, 9.17) is 0 Å². The quantitative estimate of drug-likeness (QED) is 0.732. The van der Waals surface area contributed by atoms with Gasteiger partial charge in [-0.15, -0.1) is 11.3 Å². The fourth-order valence-corrected chi connectivity index (χ4v) is 3.61. The monoisotopic (exact) mass is 372 g/mol. The molecule has 0 aliphatic rings. The second-order valence-corrected chi connectivity index (χ2v) is 7.46. The molecule has 7 heteroatoms. The van der Waals surface area contributed by atoms with Crippen molar-refractivity contribution in [1.29, 1.82) is 0 Å². The molecule has 136 valence electrons. The minimum absolute atomic E-state index is 0.179. The summed E-state index contributed by atoms with van der Waals surface area (Å²) in [6.07, 6.45) is 3.35. The molecule has 0 spiro atoms. The molecule has 1 amide bonds. The van der Waals surface area contributed by atoms with Crippen molar-refractivity contribution in [2.75, 3.05) is 0 Å². The smallest absolute Gasteiger partial charge is 0.263 e. The van der Waals surface area contributed by atoms with Gasteiger partial charge in [0.1, 0.15) is 16.5 Å². The predicted octanol–water partition coefficient (Wildman–Crippen LogP) is 4.14. The van der Waals surface area contributed by atoms with Gasteiger partial charge in [-0.1, -0.05) is 19.9 Å². The third kappa shape index (κ3) is 3.67. The lowest BCUT2D eigenvalue weighted by molar-refractivity contribution is 0.0954. The molecule has 2 heterocycles. The Kier molecular flexibility index (Phi) is 5.18. The molecule has 5 nitrogen and oxygen atoms in total. The molecule has 1 N–H and O–H groups in total. The molecule has 26 heavy (non-hydrogen) atoms. The van der Waals surface area contributed by atoms with E-state index in [9.17, 15) is 9.18 Å². The van der Waals surface area contributed by atoms with Crippen molar-refractivity contribution in [3.05, 3.63) is 63.4 Å². The maximum Gasteiger partial charge on any atom is 0.263 e. The summed E-state index contributed by atoms with van der Waals surface area (Å²) in [5.74, 6) is 0.468. The van der Waals surface area contributed by atoms with Crippen LogP contribution in [0.4, 0.5) is 4.39 Å². The molecule has 0 unspecified atom stereocenters. The molecule has 0 aliphatic heterocycles. The number of aryl methyl sites for hydroxylation is 2. The molecule has 0 radical (unpaired) electrons. The number of hydrogen-bond donors (Lipinski definition) is 1. The number of nitrogens with one attached hydrogen (secondary N) is 1. The number of aromatic nitrogens is 3. The van der Waals surface area contributed by atoms with Crippen molar-refractivity contribution in [3.8, 4) is 5.69 Å². The van der Waals surface area contributed by atoms with Gasteiger partial charge < -0.3 is 9.88 Å². The van der Waals surface area contributed by atoms with Crippen LogP contribution in [0.5, 0.6) is 0 Å². The fraction of sp³-hybridized carbons (Fsp3) is 0.316. The number of benzene rings is 1. The molecule has 3 aromatic rings. The van der Waals surface area contributed by atoms with E-state index in [1.54, 1.807) is 29.1 Å². The van der Waals surface area contributed by atoms with Crippen LogP contribution in [0.3, 0.4) is 0 Å². The largest absolute Gasteiger partial charge is 0.347 e. The van der Waals surface area contributed by atoms with E-state index in [1.807, 2.05) is 27.7 Å². The topological polar surface area (TPSA) is 59.8 Å². The van der Waals surface area contributed by atoms with Crippen LogP contribution in [0.1, 0.15) is 51.5 Å². The highest BCUT2D eigenvalue weighted by atomic mass is 32.1. The minimum Gasteiger partial charge on any atom is -0.347 e. The summed E-state index contributed by atoms with van der Waals surface area (Å²) in [5.41, 5.74) is 1.87. The normalized spacial score (nSPS) is 11.2. The number of amides is 1. The molecule has 1 aromatic carbocycles. The number of carbonyl (C=O) groups is 1. The van der Waals surface area contributed by atoms with Crippen LogP contribution in [-0.4, -0.2) is 20.4 Å². The third-order valence-corrected chi connectivity index (χ3v) is 5.52. The van der Waals surface area contributed by atoms with E-state index in [-0.39, 0.29) is 24.2 Å². The fourth-order valence-electron chi connectivity index (χ4n) is 2.63. The van der Waals surface area contributed by atoms with E-state index in [0.29, 0.717) is 22.0 Å². The maximum atomic E-state index is 14.4. The Balaban J connectivity index is 1.71. The van der Waals surface area contributed by atoms with Gasteiger partial charge in [0.2, 0.25) is 0 Å². The van der Waals surface area contributed by atoms with Crippen molar-refractivity contribution in [2.45, 2.75) is 40.2 Å². The Bertz CT molecular complexity index is 945. The first-order chi connectivity index (χ1) is 12.4. The number of nitrogens with zero attached hydrogens (tertiary/aromatic N) is 3. The molecular weight excluding hydrogens is 351 g/mol. The first-order valence-electron chi connectivity index (χ1n) is 8.41. The van der Waals surface area contributed by atoms with Crippen LogP contribution in [0.25, 0.3) is 5.69 Å². The Morgan fingerprint density at radius 1 is 1.35 bits per heavy atom. The second kappa shape index (κ2) is 7.37. The van der Waals surface area contributed by atoms with Crippen molar-refractivity contribution in [3.63, 3.8) is 0 Å². The van der Waals surface area contributed by atoms with Crippen molar-refractivity contribution >= 4 is 17.2 Å². The maximum absolute atomic E-state index is 14.4. The SMILES string of the molecule is Cc1nc(C(C)C)sc1C(=O)NCc1ccc(-n2ccnc2C)c(F)c1. The highest BCUT2D eigenvalue weighted by molar-refractivity contribution is 7.13. The van der Waals surface area contributed by atoms with Crippen molar-refractivity contribution < 1.29 is 9.18 Å². The van der Waals surface area contributed by atoms with Gasteiger partial charge in [-0.05, 0) is 31.5 Å². The molecule has 0 aliphatic carbocycles. The van der Waals surface area contributed by atoms with Crippen molar-refractivity contribution in [2.24, 2.45) is 0 Å². The highest BCUT2D eigenvalue weighted by Crippen LogP contribution is 2.24. The molecule has 0 fully saturated rings. The summed E-state index contributed by atoms with van der Waals surface area (Å²) < 4.78 is 16.1. The number of thiazole rings is 1. The van der Waals surface area contributed by atoms with Crippen LogP contribution >= 0.6 is 11.3 Å². The van der Waals surface area contributed by atoms with Gasteiger partial charge >= 0.3 is 0 Å². The lowest BCUT2D eigenvalue weighted by atomic mass is 10.2. The summed E-state index contributed by atoms with van der Waals surface area (Å²) in [6, 6.07) is 4.94. The average Bonchev–Trinajstić information content (AvgIpc) is 3.19. The Morgan fingerprint density at radius 3 is 2.69 bits per heavy atom. The van der Waals surface area contributed by atoms with E-state index in [1.165, 1.54) is 17.4 Å². The van der Waals surface area contributed by atoms with Crippen LogP contribution in [0, 0.1) is 19.7 Å². The van der Waals surface area contributed by atoms with Crippen LogP contribution in [-0.2, 0) is 6.54 Å². The lowest BCUT2D eigenvalue weighted by Gasteiger charge is -2.09. The number of imidazole rings is 1. The molecular formula is C19H21FN4OS. The Morgan fingerprint density at radius 2 is 2.12 bits per heavy atom. The number of halogens is 1. The Labute approximate surface area is 155 Å². The average molecular weight is 372 g/mol. The van der Waals surface area contributed by atoms with E-state index in [0.717, 1.165) is 10.7 Å². The molecule has 0 saturated carbocycles. The first-order valence-corrected chi connectivity index (χ1v) is 9.22. The van der Waals surface area contributed by atoms with Gasteiger partial charge in [0.25, 0.3) is 5.91 Å². The molecule has 0 bridgehead atoms. The van der Waals surface area contributed by atoms with Crippen LogP contribution in [0.2, 0.25) is 0 Å². The molecule has 2 aromatic heterocycles.